The maximum absolute atomic E-state index is 4.80. The number of hydrogen-bond acceptors (Lipinski definition) is 1. The summed E-state index contributed by atoms with van der Waals surface area (Å²) in [6.07, 6.45) is 6.35. The Labute approximate surface area is 38.3 Å². The molecule has 0 spiro atoms. The molecule has 0 aromatic heterocycles. The van der Waals surface area contributed by atoms with Crippen LogP contribution >= 0.6 is 0 Å². The molecular weight excluding hydrogens is 76.1 g/mol. The third-order valence-corrected chi connectivity index (χ3v) is 0.319. The normalized spacial score (nSPS) is 7.33. The van der Waals surface area contributed by atoms with E-state index in [1.54, 1.807) is 6.42 Å². The summed E-state index contributed by atoms with van der Waals surface area (Å²) in [4.78, 5) is 0. The van der Waals surface area contributed by atoms with Gasteiger partial charge in [-0.2, -0.15) is 0 Å². The van der Waals surface area contributed by atoms with E-state index < -0.39 is 0 Å². The molecule has 2 radical (unpaired) electrons. The van der Waals surface area contributed by atoms with E-state index in [4.69, 9.17) is 6.42 Å². The number of ether oxygens (including phenoxy) is 1. The summed E-state index contributed by atoms with van der Waals surface area (Å²) in [6, 6.07) is 0. The van der Waals surface area contributed by atoms with Crippen molar-refractivity contribution in [3.05, 3.63) is 13.5 Å². The molecule has 0 unspecified atom stereocenters. The second-order valence-electron chi connectivity index (χ2n) is 0.742. The Morgan fingerprint density at radius 2 is 2.67 bits per heavy atom. The van der Waals surface area contributed by atoms with Gasteiger partial charge in [0.15, 0.2) is 0 Å². The van der Waals surface area contributed by atoms with E-state index in [2.05, 4.69) is 17.8 Å². The Hall–Kier alpha value is -0.480. The minimum atomic E-state index is 0.441. The third-order valence-electron chi connectivity index (χ3n) is 0.319. The van der Waals surface area contributed by atoms with Gasteiger partial charge < -0.3 is 4.74 Å². The molecule has 0 N–H and O–H groups in total. The van der Waals surface area contributed by atoms with Crippen molar-refractivity contribution in [2.45, 2.75) is 0 Å². The van der Waals surface area contributed by atoms with Crippen LogP contribution in [0.4, 0.5) is 0 Å². The summed E-state index contributed by atoms with van der Waals surface area (Å²) < 4.78 is 4.33. The maximum atomic E-state index is 4.80. The first-order valence-electron chi connectivity index (χ1n) is 1.56. The standard InChI is InChI=1S/C5H6O/c1-3-4-5-6-2/h1,4H,2,5H2. The van der Waals surface area contributed by atoms with E-state index in [0.29, 0.717) is 6.61 Å². The van der Waals surface area contributed by atoms with Crippen molar-refractivity contribution < 1.29 is 4.74 Å². The zero-order chi connectivity index (χ0) is 4.83. The van der Waals surface area contributed by atoms with Crippen molar-refractivity contribution in [3.63, 3.8) is 0 Å². The van der Waals surface area contributed by atoms with Gasteiger partial charge in [-0.15, -0.1) is 6.42 Å². The molecule has 0 aliphatic heterocycles. The fourth-order valence-corrected chi connectivity index (χ4v) is 0.107. The molecule has 0 aliphatic rings. The Balaban J connectivity index is 2.54. The van der Waals surface area contributed by atoms with Crippen molar-refractivity contribution in [1.82, 2.24) is 0 Å². The van der Waals surface area contributed by atoms with Crippen molar-refractivity contribution in [2.24, 2.45) is 0 Å². The highest BCUT2D eigenvalue weighted by atomic mass is 16.5. The molecule has 32 valence electrons. The second kappa shape index (κ2) is 4.52. The molecule has 0 rings (SSSR count). The Kier molecular flexibility index (Phi) is 4.16. The molecule has 6 heavy (non-hydrogen) atoms. The van der Waals surface area contributed by atoms with Crippen LogP contribution in [0.1, 0.15) is 0 Å². The molecule has 0 aromatic carbocycles. The zero-order valence-corrected chi connectivity index (χ0v) is 3.48. The zero-order valence-electron chi connectivity index (χ0n) is 3.48. The van der Waals surface area contributed by atoms with Crippen LogP contribution in [0.3, 0.4) is 0 Å². The van der Waals surface area contributed by atoms with Gasteiger partial charge in [-0.25, -0.2) is 0 Å². The van der Waals surface area contributed by atoms with Crippen molar-refractivity contribution >= 4 is 0 Å². The van der Waals surface area contributed by atoms with Gasteiger partial charge in [0.25, 0.3) is 0 Å². The monoisotopic (exact) mass is 82.0 g/mol. The summed E-state index contributed by atoms with van der Waals surface area (Å²) >= 11 is 0. The summed E-state index contributed by atoms with van der Waals surface area (Å²) in [5.41, 5.74) is 0. The fraction of sp³-hybridized carbons (Fsp3) is 0.200. The van der Waals surface area contributed by atoms with E-state index in [0.717, 1.165) is 0 Å². The van der Waals surface area contributed by atoms with Crippen LogP contribution in [-0.4, -0.2) is 6.61 Å². The molecule has 0 aliphatic carbocycles. The minimum Gasteiger partial charge on any atom is -0.378 e. The van der Waals surface area contributed by atoms with Crippen LogP contribution in [0.5, 0.6) is 0 Å². The lowest BCUT2D eigenvalue weighted by molar-refractivity contribution is 0.274. The predicted molar refractivity (Wildman–Crippen MR) is 24.4 cm³/mol. The van der Waals surface area contributed by atoms with Crippen LogP contribution in [0.2, 0.25) is 0 Å². The Morgan fingerprint density at radius 3 is 2.83 bits per heavy atom. The highest BCUT2D eigenvalue weighted by molar-refractivity contribution is 5.00. The smallest absolute Gasteiger partial charge is 0.0701 e. The highest BCUT2D eigenvalue weighted by Crippen LogP contribution is 1.71. The van der Waals surface area contributed by atoms with Gasteiger partial charge in [0.1, 0.15) is 0 Å². The topological polar surface area (TPSA) is 9.23 Å². The lowest BCUT2D eigenvalue weighted by Crippen LogP contribution is -1.81. The average Bonchev–Trinajstić information content (AvgIpc) is 1.61. The fourth-order valence-electron chi connectivity index (χ4n) is 0.107. The minimum absolute atomic E-state index is 0.441. The van der Waals surface area contributed by atoms with E-state index in [1.807, 2.05) is 0 Å². The molecule has 0 saturated carbocycles. The van der Waals surface area contributed by atoms with Crippen LogP contribution in [0.15, 0.2) is 0 Å². The van der Waals surface area contributed by atoms with E-state index in [9.17, 15) is 0 Å². The van der Waals surface area contributed by atoms with Crippen LogP contribution in [-0.2, 0) is 4.74 Å². The lowest BCUT2D eigenvalue weighted by atomic mass is 10.5. The first-order chi connectivity index (χ1) is 2.91. The molecule has 1 heteroatoms. The summed E-state index contributed by atoms with van der Waals surface area (Å²) in [5.74, 6) is 2.28. The quantitative estimate of drug-likeness (QED) is 0.350. The van der Waals surface area contributed by atoms with E-state index >= 15 is 0 Å². The maximum Gasteiger partial charge on any atom is 0.0701 e. The van der Waals surface area contributed by atoms with Gasteiger partial charge in [0.05, 0.1) is 20.1 Å². The lowest BCUT2D eigenvalue weighted by Gasteiger charge is -1.83. The van der Waals surface area contributed by atoms with E-state index in [-0.39, 0.29) is 0 Å². The van der Waals surface area contributed by atoms with Crippen molar-refractivity contribution in [1.29, 1.82) is 0 Å². The molecule has 0 fully saturated rings. The van der Waals surface area contributed by atoms with Gasteiger partial charge in [0, 0.05) is 0 Å². The molecule has 0 saturated heterocycles. The number of terminal acetylenes is 1. The third kappa shape index (κ3) is 3.52. The molecule has 0 atom stereocenters. The largest absolute Gasteiger partial charge is 0.378 e. The molecule has 0 amide bonds. The summed E-state index contributed by atoms with van der Waals surface area (Å²) in [7, 11) is 3.10. The summed E-state index contributed by atoms with van der Waals surface area (Å²) in [5, 5.41) is 0. The Morgan fingerprint density at radius 1 is 2.00 bits per heavy atom. The SMILES string of the molecule is C#C[CH]CO[CH2]. The molecule has 0 aromatic rings. The highest BCUT2D eigenvalue weighted by Gasteiger charge is 1.71. The van der Waals surface area contributed by atoms with Crippen molar-refractivity contribution in [3.8, 4) is 12.3 Å². The Bertz CT molecular complexity index is 51.4. The van der Waals surface area contributed by atoms with E-state index in [1.165, 1.54) is 0 Å². The second-order valence-corrected chi connectivity index (χ2v) is 0.742. The number of hydrogen-bond donors (Lipinski definition) is 0. The molecule has 1 nitrogen and oxygen atoms in total. The predicted octanol–water partition coefficient (Wildman–Crippen LogP) is 0.632. The molecular formula is C5H6O. The van der Waals surface area contributed by atoms with Crippen LogP contribution < -0.4 is 0 Å². The first kappa shape index (κ1) is 5.52. The average molecular weight is 82.1 g/mol. The summed E-state index contributed by atoms with van der Waals surface area (Å²) in [6.45, 7) is 0.441. The van der Waals surface area contributed by atoms with Crippen molar-refractivity contribution in [2.75, 3.05) is 6.61 Å². The van der Waals surface area contributed by atoms with Gasteiger partial charge in [0.2, 0.25) is 0 Å². The van der Waals surface area contributed by atoms with Crippen LogP contribution in [0, 0.1) is 25.9 Å². The first-order valence-corrected chi connectivity index (χ1v) is 1.56. The van der Waals surface area contributed by atoms with Gasteiger partial charge in [-0.3, -0.25) is 0 Å². The molecule has 0 heterocycles. The van der Waals surface area contributed by atoms with Gasteiger partial charge >= 0.3 is 0 Å². The molecule has 0 bridgehead atoms. The van der Waals surface area contributed by atoms with Crippen LogP contribution in [0.25, 0.3) is 0 Å². The van der Waals surface area contributed by atoms with Gasteiger partial charge in [-0.05, 0) is 0 Å². The van der Waals surface area contributed by atoms with Gasteiger partial charge in [-0.1, -0.05) is 5.92 Å². The number of rotatable bonds is 2.